The van der Waals surface area contributed by atoms with Crippen molar-refractivity contribution in [3.8, 4) is 0 Å². The van der Waals surface area contributed by atoms with Gasteiger partial charge in [-0.15, -0.1) is 26.4 Å². The molecular weight excluding hydrogens is 280 g/mol. The van der Waals surface area contributed by atoms with E-state index >= 15 is 0 Å². The first kappa shape index (κ1) is 31.8. The predicted octanol–water partition coefficient (Wildman–Crippen LogP) is -0.195. The fourth-order valence-corrected chi connectivity index (χ4v) is 0.433. The first-order valence-corrected chi connectivity index (χ1v) is 6.98. The van der Waals surface area contributed by atoms with Crippen LogP contribution >= 0.6 is 0 Å². The second kappa shape index (κ2) is 51.3. The van der Waals surface area contributed by atoms with Crippen molar-refractivity contribution in [2.45, 2.75) is 66.2 Å². The van der Waals surface area contributed by atoms with Gasteiger partial charge in [0, 0.05) is 0 Å². The average molecular weight is 312 g/mol. The molecule has 0 bridgehead atoms. The van der Waals surface area contributed by atoms with Gasteiger partial charge in [-0.2, -0.15) is 0 Å². The van der Waals surface area contributed by atoms with Gasteiger partial charge in [-0.3, -0.25) is 0 Å². The van der Waals surface area contributed by atoms with Crippen LogP contribution in [-0.2, 0) is 21.7 Å². The van der Waals surface area contributed by atoms with Crippen molar-refractivity contribution < 1.29 is 42.1 Å². The van der Waals surface area contributed by atoms with Gasteiger partial charge in [-0.1, -0.05) is 66.2 Å². The Balaban J connectivity index is -0.0000000458. The minimum Gasteiger partial charge on any atom is -0.855 e. The Kier molecular flexibility index (Phi) is 85.9. The molecule has 0 unspecified atom stereocenters. The molecule has 4 nitrogen and oxygen atoms in total. The van der Waals surface area contributed by atoms with Crippen molar-refractivity contribution in [2.24, 2.45) is 0 Å². The van der Waals surface area contributed by atoms with Crippen LogP contribution in [0.5, 0.6) is 0 Å². The van der Waals surface area contributed by atoms with Gasteiger partial charge >= 0.3 is 21.7 Å². The van der Waals surface area contributed by atoms with Crippen LogP contribution in [0.3, 0.4) is 0 Å². The molecule has 0 radical (unpaired) electrons. The molecule has 0 N–H and O–H groups in total. The molecule has 0 saturated carbocycles. The van der Waals surface area contributed by atoms with E-state index in [2.05, 4.69) is 0 Å². The molecule has 0 aromatic carbocycles. The summed E-state index contributed by atoms with van der Waals surface area (Å²) in [5.74, 6) is 0. The maximum atomic E-state index is 9.53. The molecular formula is C14H32O4Ti. The standard InChI is InChI=1S/3C4H9O.C2H5O.Ti/c3*1-2-3-4-5;1-2-3;/h3*2-4H2,1H3;2H2,1H3;/q4*-1;+4. The van der Waals surface area contributed by atoms with Crippen LogP contribution < -0.4 is 20.4 Å². The Morgan fingerprint density at radius 1 is 0.526 bits per heavy atom. The molecule has 0 aliphatic carbocycles. The average Bonchev–Trinajstić information content (AvgIpc) is 2.35. The van der Waals surface area contributed by atoms with Crippen LogP contribution in [-0.4, -0.2) is 26.4 Å². The number of hydrogen-bond acceptors (Lipinski definition) is 4. The van der Waals surface area contributed by atoms with Gasteiger partial charge in [0.15, 0.2) is 0 Å². The third kappa shape index (κ3) is 118. The van der Waals surface area contributed by atoms with Crippen molar-refractivity contribution in [2.75, 3.05) is 26.4 Å². The van der Waals surface area contributed by atoms with Crippen molar-refractivity contribution >= 4 is 0 Å². The third-order valence-electron chi connectivity index (χ3n) is 1.49. The monoisotopic (exact) mass is 312 g/mol. The van der Waals surface area contributed by atoms with Crippen LogP contribution in [0.2, 0.25) is 0 Å². The van der Waals surface area contributed by atoms with E-state index in [0.29, 0.717) is 0 Å². The molecule has 0 atom stereocenters. The number of unbranched alkanes of at least 4 members (excludes halogenated alkanes) is 3. The zero-order chi connectivity index (χ0) is 15.1. The minimum atomic E-state index is 0. The van der Waals surface area contributed by atoms with Gasteiger partial charge in [0.25, 0.3) is 0 Å². The molecule has 19 heavy (non-hydrogen) atoms. The van der Waals surface area contributed by atoms with E-state index in [9.17, 15) is 15.3 Å². The topological polar surface area (TPSA) is 92.2 Å². The van der Waals surface area contributed by atoms with Crippen LogP contribution in [0, 0.1) is 0 Å². The normalized spacial score (nSPS) is 7.58. The Labute approximate surface area is 135 Å². The van der Waals surface area contributed by atoms with Crippen LogP contribution in [0.1, 0.15) is 66.2 Å². The zero-order valence-electron chi connectivity index (χ0n) is 13.2. The molecule has 116 valence electrons. The van der Waals surface area contributed by atoms with Crippen LogP contribution in [0.25, 0.3) is 0 Å². The van der Waals surface area contributed by atoms with Gasteiger partial charge in [0.2, 0.25) is 0 Å². The summed E-state index contributed by atoms with van der Waals surface area (Å²) in [6.07, 6.45) is 5.59. The predicted molar refractivity (Wildman–Crippen MR) is 69.9 cm³/mol. The minimum absolute atomic E-state index is 0. The summed E-state index contributed by atoms with van der Waals surface area (Å²) < 4.78 is 0. The molecule has 0 heterocycles. The summed E-state index contributed by atoms with van der Waals surface area (Å²) in [4.78, 5) is 0. The van der Waals surface area contributed by atoms with E-state index in [-0.39, 0.29) is 48.1 Å². The molecule has 0 fully saturated rings. The first-order chi connectivity index (χ1) is 8.66. The molecule has 0 aliphatic rings. The summed E-state index contributed by atoms with van der Waals surface area (Å²) >= 11 is 0. The third-order valence-corrected chi connectivity index (χ3v) is 1.49. The van der Waals surface area contributed by atoms with Crippen LogP contribution in [0.15, 0.2) is 0 Å². The molecule has 5 heteroatoms. The second-order valence-corrected chi connectivity index (χ2v) is 3.46. The van der Waals surface area contributed by atoms with Gasteiger partial charge in [0.1, 0.15) is 0 Å². The summed E-state index contributed by atoms with van der Waals surface area (Å²) in [5.41, 5.74) is 0. The van der Waals surface area contributed by atoms with E-state index in [4.69, 9.17) is 5.11 Å². The SMILES string of the molecule is CCCC[O-].CCCC[O-].CCCC[O-].CC[O-].[Ti+4]. The van der Waals surface area contributed by atoms with E-state index in [1.54, 1.807) is 6.92 Å². The molecule has 0 rings (SSSR count). The van der Waals surface area contributed by atoms with Gasteiger partial charge in [-0.05, 0) is 0 Å². The maximum absolute atomic E-state index is 9.53. The van der Waals surface area contributed by atoms with Crippen molar-refractivity contribution in [1.29, 1.82) is 0 Å². The maximum Gasteiger partial charge on any atom is 4.00 e. The van der Waals surface area contributed by atoms with Gasteiger partial charge < -0.3 is 20.4 Å². The Hall–Kier alpha value is 0.554. The molecule has 0 spiro atoms. The van der Waals surface area contributed by atoms with E-state index in [0.717, 1.165) is 38.5 Å². The fraction of sp³-hybridized carbons (Fsp3) is 1.00. The molecule has 0 aromatic rings. The number of hydrogen-bond donors (Lipinski definition) is 0. The second-order valence-electron chi connectivity index (χ2n) is 3.46. The van der Waals surface area contributed by atoms with Crippen molar-refractivity contribution in [3.05, 3.63) is 0 Å². The summed E-state index contributed by atoms with van der Waals surface area (Å²) in [7, 11) is 0. The van der Waals surface area contributed by atoms with Gasteiger partial charge in [-0.25, -0.2) is 0 Å². The number of rotatable bonds is 6. The van der Waals surface area contributed by atoms with E-state index < -0.39 is 0 Å². The fourth-order valence-electron chi connectivity index (χ4n) is 0.433. The van der Waals surface area contributed by atoms with E-state index in [1.807, 2.05) is 20.8 Å². The Morgan fingerprint density at radius 2 is 0.684 bits per heavy atom. The smallest absolute Gasteiger partial charge is 0.855 e. The van der Waals surface area contributed by atoms with Crippen molar-refractivity contribution in [3.63, 3.8) is 0 Å². The van der Waals surface area contributed by atoms with Crippen molar-refractivity contribution in [1.82, 2.24) is 0 Å². The molecule has 0 aliphatic heterocycles. The van der Waals surface area contributed by atoms with Crippen LogP contribution in [0.4, 0.5) is 0 Å². The summed E-state index contributed by atoms with van der Waals surface area (Å²) in [5, 5.41) is 37.5. The van der Waals surface area contributed by atoms with E-state index in [1.165, 1.54) is 0 Å². The Morgan fingerprint density at radius 3 is 0.684 bits per heavy atom. The summed E-state index contributed by atoms with van der Waals surface area (Å²) in [6.45, 7) is 7.89. The quantitative estimate of drug-likeness (QED) is 0.635. The zero-order valence-corrected chi connectivity index (χ0v) is 14.8. The molecule has 0 aromatic heterocycles. The Bertz CT molecular complexity index is 65.6. The molecule has 0 saturated heterocycles. The largest absolute Gasteiger partial charge is 4.00 e. The molecule has 0 amide bonds. The first-order valence-electron chi connectivity index (χ1n) is 6.98. The summed E-state index contributed by atoms with van der Waals surface area (Å²) in [6, 6.07) is 0. The van der Waals surface area contributed by atoms with Gasteiger partial charge in [0.05, 0.1) is 0 Å².